The van der Waals surface area contributed by atoms with Crippen molar-refractivity contribution in [2.75, 3.05) is 19.8 Å². The van der Waals surface area contributed by atoms with E-state index < -0.39 is 17.3 Å². The molecule has 3 aliphatic rings. The fraction of sp³-hybridized carbons (Fsp3) is 0.458. The Balaban J connectivity index is 1.43. The highest BCUT2D eigenvalue weighted by Gasteiger charge is 2.50. The molecule has 2 aromatic carbocycles. The van der Waals surface area contributed by atoms with Gasteiger partial charge in [-0.1, -0.05) is 6.07 Å². The minimum atomic E-state index is -0.581. The van der Waals surface area contributed by atoms with Crippen LogP contribution in [0.15, 0.2) is 36.4 Å². The summed E-state index contributed by atoms with van der Waals surface area (Å²) < 4.78 is 45.6. The van der Waals surface area contributed by atoms with Gasteiger partial charge in [-0.05, 0) is 73.8 Å². The zero-order valence-corrected chi connectivity index (χ0v) is 18.0. The Morgan fingerprint density at radius 2 is 1.91 bits per heavy atom. The first-order valence-corrected chi connectivity index (χ1v) is 10.7. The molecule has 5 rings (SSSR count). The number of hydroxylamine groups is 1. The van der Waals surface area contributed by atoms with E-state index in [9.17, 15) is 13.6 Å². The molecule has 172 valence electrons. The Bertz CT molecular complexity index is 972. The smallest absolute Gasteiger partial charge is 0.269 e. The minimum Gasteiger partial charge on any atom is -0.457 e. The van der Waals surface area contributed by atoms with Gasteiger partial charge in [0, 0.05) is 18.7 Å². The Morgan fingerprint density at radius 3 is 2.56 bits per heavy atom. The second-order valence-electron chi connectivity index (χ2n) is 8.81. The first-order valence-electron chi connectivity index (χ1n) is 10.7. The zero-order valence-electron chi connectivity index (χ0n) is 18.0. The number of nitrogens with one attached hydrogen (secondary N) is 1. The highest BCUT2D eigenvalue weighted by molar-refractivity contribution is 5.75. The van der Waals surface area contributed by atoms with Crippen LogP contribution in [0.2, 0.25) is 0 Å². The van der Waals surface area contributed by atoms with Gasteiger partial charge in [-0.15, -0.1) is 0 Å². The summed E-state index contributed by atoms with van der Waals surface area (Å²) in [6.45, 7) is 2.40. The number of carbonyl (C=O) groups excluding carboxylic acids is 1. The average molecular weight is 447 g/mol. The number of benzene rings is 2. The first kappa shape index (κ1) is 22.6. The number of hydrogen-bond donors (Lipinski definition) is 2. The van der Waals surface area contributed by atoms with E-state index in [1.807, 2.05) is 0 Å². The van der Waals surface area contributed by atoms with Crippen molar-refractivity contribution in [1.82, 2.24) is 5.48 Å². The number of fused-ring (bicyclic) bond motifs is 3. The quantitative estimate of drug-likeness (QED) is 0.347. The summed E-state index contributed by atoms with van der Waals surface area (Å²) >= 11 is 0. The second kappa shape index (κ2) is 9.13. The molecule has 3 fully saturated rings. The molecule has 2 heterocycles. The van der Waals surface area contributed by atoms with Crippen molar-refractivity contribution in [3.63, 3.8) is 0 Å². The van der Waals surface area contributed by atoms with Crippen molar-refractivity contribution in [3.8, 4) is 11.5 Å². The van der Waals surface area contributed by atoms with Crippen LogP contribution in [0, 0.1) is 24.0 Å². The molecule has 0 spiro atoms. The van der Waals surface area contributed by atoms with Gasteiger partial charge in [-0.3, -0.25) is 10.0 Å². The summed E-state index contributed by atoms with van der Waals surface area (Å²) in [6.07, 6.45) is 4.04. The van der Waals surface area contributed by atoms with Gasteiger partial charge in [0.05, 0.1) is 12.2 Å². The van der Waals surface area contributed by atoms with E-state index in [0.717, 1.165) is 37.7 Å². The first-order chi connectivity index (χ1) is 15.3. The van der Waals surface area contributed by atoms with Crippen LogP contribution in [0.25, 0.3) is 0 Å². The molecule has 2 N–H and O–H groups in total. The van der Waals surface area contributed by atoms with E-state index in [1.54, 1.807) is 25.1 Å². The van der Waals surface area contributed by atoms with Crippen LogP contribution in [0.3, 0.4) is 0 Å². The zero-order chi connectivity index (χ0) is 22.8. The molecule has 0 unspecified atom stereocenters. The second-order valence-corrected chi connectivity index (χ2v) is 8.81. The van der Waals surface area contributed by atoms with Crippen LogP contribution in [0.1, 0.15) is 43.2 Å². The van der Waals surface area contributed by atoms with Crippen molar-refractivity contribution >= 4 is 5.91 Å². The summed E-state index contributed by atoms with van der Waals surface area (Å²) in [5.74, 6) is -0.773. The van der Waals surface area contributed by atoms with Crippen molar-refractivity contribution in [3.05, 3.63) is 59.2 Å². The standard InChI is InChI=1S/C24H27F2NO5/c1-16-2-3-19(13-21(16)26)32-20-11-17(10-18(25)12-20)24-6-4-23(5-7-24,15-31-24)8-9-30-14-22(28)27-29/h2-3,10-13,29H,4-9,14-15H2,1H3,(H,27,28). The Morgan fingerprint density at radius 1 is 1.12 bits per heavy atom. The summed E-state index contributed by atoms with van der Waals surface area (Å²) in [5.41, 5.74) is 2.18. The lowest BCUT2D eigenvalue weighted by Crippen LogP contribution is -2.49. The predicted molar refractivity (Wildman–Crippen MR) is 112 cm³/mol. The highest BCUT2D eigenvalue weighted by atomic mass is 19.1. The molecule has 2 bridgehead atoms. The lowest BCUT2D eigenvalue weighted by molar-refractivity contribution is -0.194. The molecular formula is C24H27F2NO5. The van der Waals surface area contributed by atoms with Crippen LogP contribution in [0.4, 0.5) is 8.78 Å². The minimum absolute atomic E-state index is 0.0243. The third-order valence-corrected chi connectivity index (χ3v) is 6.68. The van der Waals surface area contributed by atoms with E-state index in [1.165, 1.54) is 23.7 Å². The monoisotopic (exact) mass is 447 g/mol. The average Bonchev–Trinajstić information content (AvgIpc) is 2.80. The van der Waals surface area contributed by atoms with Crippen LogP contribution >= 0.6 is 0 Å². The lowest BCUT2D eigenvalue weighted by atomic mass is 9.63. The molecule has 8 heteroatoms. The molecule has 0 aromatic heterocycles. The molecule has 1 aliphatic carbocycles. The third-order valence-electron chi connectivity index (χ3n) is 6.68. The molecule has 6 nitrogen and oxygen atoms in total. The summed E-state index contributed by atoms with van der Waals surface area (Å²) in [7, 11) is 0. The van der Waals surface area contributed by atoms with Gasteiger partial charge in [0.15, 0.2) is 0 Å². The van der Waals surface area contributed by atoms with E-state index in [2.05, 4.69) is 0 Å². The number of ether oxygens (including phenoxy) is 3. The van der Waals surface area contributed by atoms with Crippen LogP contribution in [-0.4, -0.2) is 30.9 Å². The fourth-order valence-electron chi connectivity index (χ4n) is 4.60. The number of amides is 1. The number of carbonyl (C=O) groups is 1. The van der Waals surface area contributed by atoms with Crippen molar-refractivity contribution in [2.45, 2.75) is 44.6 Å². The largest absolute Gasteiger partial charge is 0.457 e. The SMILES string of the molecule is Cc1ccc(Oc2cc(F)cc(C34CCC(CCOCC(=O)NO)(CC3)CO4)c2)cc1F. The maximum Gasteiger partial charge on any atom is 0.269 e. The Kier molecular flexibility index (Phi) is 6.46. The predicted octanol–water partition coefficient (Wildman–Crippen LogP) is 4.76. The van der Waals surface area contributed by atoms with Crippen molar-refractivity contribution in [2.24, 2.45) is 5.41 Å². The number of rotatable bonds is 8. The summed E-state index contributed by atoms with van der Waals surface area (Å²) in [4.78, 5) is 11.1. The lowest BCUT2D eigenvalue weighted by Gasteiger charge is -2.53. The van der Waals surface area contributed by atoms with Crippen molar-refractivity contribution in [1.29, 1.82) is 0 Å². The molecule has 2 aliphatic heterocycles. The number of halogens is 2. The van der Waals surface area contributed by atoms with Gasteiger partial charge in [-0.25, -0.2) is 14.3 Å². The van der Waals surface area contributed by atoms with Gasteiger partial charge in [-0.2, -0.15) is 0 Å². The van der Waals surface area contributed by atoms with Crippen molar-refractivity contribution < 1.29 is 33.0 Å². The molecule has 0 radical (unpaired) electrons. The topological polar surface area (TPSA) is 77.0 Å². The molecular weight excluding hydrogens is 420 g/mol. The third kappa shape index (κ3) is 4.77. The molecule has 32 heavy (non-hydrogen) atoms. The van der Waals surface area contributed by atoms with E-state index in [0.29, 0.717) is 30.3 Å². The van der Waals surface area contributed by atoms with Gasteiger partial charge >= 0.3 is 0 Å². The van der Waals surface area contributed by atoms with Crippen LogP contribution in [0.5, 0.6) is 11.5 Å². The number of aryl methyl sites for hydroxylation is 1. The molecule has 2 saturated heterocycles. The van der Waals surface area contributed by atoms with E-state index >= 15 is 0 Å². The Hall–Kier alpha value is -2.55. The maximum atomic E-state index is 14.4. The molecule has 1 amide bonds. The van der Waals surface area contributed by atoms with E-state index in [-0.39, 0.29) is 17.8 Å². The number of hydrogen-bond acceptors (Lipinski definition) is 5. The van der Waals surface area contributed by atoms with Gasteiger partial charge < -0.3 is 14.2 Å². The fourth-order valence-corrected chi connectivity index (χ4v) is 4.60. The van der Waals surface area contributed by atoms with Gasteiger partial charge in [0.2, 0.25) is 0 Å². The summed E-state index contributed by atoms with van der Waals surface area (Å²) in [6, 6.07) is 9.10. The molecule has 2 aromatic rings. The van der Waals surface area contributed by atoms with Gasteiger partial charge in [0.1, 0.15) is 29.7 Å². The van der Waals surface area contributed by atoms with E-state index in [4.69, 9.17) is 19.4 Å². The molecule has 1 saturated carbocycles. The Labute approximate surface area is 185 Å². The maximum absolute atomic E-state index is 14.4. The normalized spacial score (nSPS) is 24.4. The van der Waals surface area contributed by atoms with Gasteiger partial charge in [0.25, 0.3) is 5.91 Å². The van der Waals surface area contributed by atoms with Crippen LogP contribution < -0.4 is 10.2 Å². The molecule has 0 atom stereocenters. The van der Waals surface area contributed by atoms with Crippen LogP contribution in [-0.2, 0) is 19.9 Å². The highest BCUT2D eigenvalue weighted by Crippen LogP contribution is 2.55. The summed E-state index contributed by atoms with van der Waals surface area (Å²) in [5, 5.41) is 8.52.